The number of amides is 3. The van der Waals surface area contributed by atoms with Gasteiger partial charge in [-0.1, -0.05) is 18.6 Å². The third-order valence-corrected chi connectivity index (χ3v) is 4.94. The summed E-state index contributed by atoms with van der Waals surface area (Å²) < 4.78 is 0. The fourth-order valence-corrected chi connectivity index (χ4v) is 3.63. The zero-order valence-electron chi connectivity index (χ0n) is 14.4. The highest BCUT2D eigenvalue weighted by Crippen LogP contribution is 2.29. The monoisotopic (exact) mass is 330 g/mol. The number of urea groups is 1. The van der Waals surface area contributed by atoms with Gasteiger partial charge in [-0.05, 0) is 45.2 Å². The zero-order valence-corrected chi connectivity index (χ0v) is 14.4. The molecule has 3 amide bonds. The molecule has 0 aliphatic carbocycles. The molecular weight excluding hydrogens is 304 g/mol. The van der Waals surface area contributed by atoms with Crippen LogP contribution in [-0.2, 0) is 4.79 Å². The molecule has 1 aromatic carbocycles. The number of benzene rings is 1. The van der Waals surface area contributed by atoms with E-state index in [4.69, 9.17) is 0 Å². The van der Waals surface area contributed by atoms with Gasteiger partial charge in [0.1, 0.15) is 0 Å². The van der Waals surface area contributed by atoms with E-state index in [2.05, 4.69) is 24.6 Å². The van der Waals surface area contributed by atoms with Crippen LogP contribution in [0, 0.1) is 0 Å². The van der Waals surface area contributed by atoms with E-state index in [0.29, 0.717) is 30.7 Å². The van der Waals surface area contributed by atoms with Crippen LogP contribution in [0.15, 0.2) is 24.3 Å². The first-order valence-corrected chi connectivity index (χ1v) is 8.81. The van der Waals surface area contributed by atoms with Crippen LogP contribution in [-0.4, -0.2) is 35.6 Å². The molecule has 0 spiro atoms. The summed E-state index contributed by atoms with van der Waals surface area (Å²) in [6.07, 6.45) is 4.81. The predicted molar refractivity (Wildman–Crippen MR) is 94.8 cm³/mol. The molecular formula is C18H26N4O2. The number of nitrogens with one attached hydrogen (secondary N) is 2. The molecule has 0 bridgehead atoms. The molecule has 0 saturated carbocycles. The first-order chi connectivity index (χ1) is 11.6. The molecule has 3 rings (SSSR count). The minimum atomic E-state index is -0.255. The lowest BCUT2D eigenvalue weighted by Crippen LogP contribution is -2.55. The number of hydrogen-bond donors (Lipinski definition) is 2. The molecule has 130 valence electrons. The SMILES string of the molecule is C[C@H]1CCC[C@H](C)N1NC(=O)Nc1ccccc1N1CCCC1=O. The lowest BCUT2D eigenvalue weighted by Gasteiger charge is -2.38. The molecule has 2 N–H and O–H groups in total. The first-order valence-electron chi connectivity index (χ1n) is 8.81. The molecule has 2 saturated heterocycles. The summed E-state index contributed by atoms with van der Waals surface area (Å²) in [6.45, 7) is 4.97. The number of para-hydroxylation sites is 2. The topological polar surface area (TPSA) is 64.7 Å². The smallest absolute Gasteiger partial charge is 0.310 e. The number of nitrogens with zero attached hydrogens (tertiary/aromatic N) is 2. The third-order valence-electron chi connectivity index (χ3n) is 4.94. The van der Waals surface area contributed by atoms with Gasteiger partial charge in [-0.25, -0.2) is 9.80 Å². The maximum absolute atomic E-state index is 12.5. The van der Waals surface area contributed by atoms with Gasteiger partial charge in [-0.3, -0.25) is 10.2 Å². The molecule has 6 nitrogen and oxygen atoms in total. The van der Waals surface area contributed by atoms with Crippen LogP contribution in [0.2, 0.25) is 0 Å². The normalized spacial score (nSPS) is 24.9. The number of hydrogen-bond acceptors (Lipinski definition) is 3. The maximum atomic E-state index is 12.5. The summed E-state index contributed by atoms with van der Waals surface area (Å²) in [7, 11) is 0. The summed E-state index contributed by atoms with van der Waals surface area (Å²) in [5, 5.41) is 4.94. The van der Waals surface area contributed by atoms with Gasteiger partial charge < -0.3 is 10.2 Å². The van der Waals surface area contributed by atoms with Crippen molar-refractivity contribution in [3.05, 3.63) is 24.3 Å². The Bertz CT molecular complexity index is 609. The molecule has 0 unspecified atom stereocenters. The number of hydrazine groups is 1. The summed E-state index contributed by atoms with van der Waals surface area (Å²) in [6, 6.07) is 7.87. The van der Waals surface area contributed by atoms with Crippen molar-refractivity contribution in [1.29, 1.82) is 0 Å². The van der Waals surface area contributed by atoms with Crippen LogP contribution in [0.4, 0.5) is 16.2 Å². The molecule has 1 aromatic rings. The molecule has 2 atom stereocenters. The van der Waals surface area contributed by atoms with Gasteiger partial charge in [0.2, 0.25) is 5.91 Å². The predicted octanol–water partition coefficient (Wildman–Crippen LogP) is 3.11. The van der Waals surface area contributed by atoms with Crippen molar-refractivity contribution in [2.75, 3.05) is 16.8 Å². The lowest BCUT2D eigenvalue weighted by atomic mass is 10.00. The summed E-state index contributed by atoms with van der Waals surface area (Å²) >= 11 is 0. The Balaban J connectivity index is 1.69. The van der Waals surface area contributed by atoms with Crippen molar-refractivity contribution >= 4 is 23.3 Å². The lowest BCUT2D eigenvalue weighted by molar-refractivity contribution is -0.117. The Kier molecular flexibility index (Phi) is 5.04. The number of piperidine rings is 1. The van der Waals surface area contributed by atoms with Crippen LogP contribution in [0.3, 0.4) is 0 Å². The van der Waals surface area contributed by atoms with Gasteiger partial charge in [0, 0.05) is 25.0 Å². The minimum absolute atomic E-state index is 0.114. The fraction of sp³-hybridized carbons (Fsp3) is 0.556. The largest absolute Gasteiger partial charge is 0.333 e. The molecule has 2 aliphatic rings. The summed E-state index contributed by atoms with van der Waals surface area (Å²) in [4.78, 5) is 26.2. The second kappa shape index (κ2) is 7.21. The van der Waals surface area contributed by atoms with Crippen LogP contribution < -0.4 is 15.6 Å². The second-order valence-electron chi connectivity index (χ2n) is 6.77. The Morgan fingerprint density at radius 3 is 2.50 bits per heavy atom. The summed E-state index contributed by atoms with van der Waals surface area (Å²) in [5.41, 5.74) is 4.42. The molecule has 0 radical (unpaired) electrons. The Morgan fingerprint density at radius 1 is 1.12 bits per heavy atom. The quantitative estimate of drug-likeness (QED) is 0.895. The van der Waals surface area contributed by atoms with E-state index in [1.54, 1.807) is 4.90 Å². The van der Waals surface area contributed by atoms with E-state index in [0.717, 1.165) is 24.9 Å². The van der Waals surface area contributed by atoms with Crippen LogP contribution in [0.1, 0.15) is 46.0 Å². The van der Waals surface area contributed by atoms with Crippen molar-refractivity contribution in [3.8, 4) is 0 Å². The Labute approximate surface area is 143 Å². The van der Waals surface area contributed by atoms with E-state index in [-0.39, 0.29) is 11.9 Å². The number of carbonyl (C=O) groups excluding carboxylic acids is 2. The number of anilines is 2. The van der Waals surface area contributed by atoms with Crippen molar-refractivity contribution in [3.63, 3.8) is 0 Å². The molecule has 2 aliphatic heterocycles. The summed E-state index contributed by atoms with van der Waals surface area (Å²) in [5.74, 6) is 0.114. The van der Waals surface area contributed by atoms with Crippen LogP contribution in [0.25, 0.3) is 0 Å². The molecule has 24 heavy (non-hydrogen) atoms. The van der Waals surface area contributed by atoms with Crippen LogP contribution in [0.5, 0.6) is 0 Å². The average molecular weight is 330 g/mol. The standard InChI is InChI=1S/C18H26N4O2/c1-13-7-5-8-14(2)22(13)20-18(24)19-15-9-3-4-10-16(15)21-12-6-11-17(21)23/h3-4,9-10,13-14H,5-8,11-12H2,1-2H3,(H2,19,20,24)/t13-,14-/m0/s1. The van der Waals surface area contributed by atoms with E-state index in [1.807, 2.05) is 29.3 Å². The van der Waals surface area contributed by atoms with Gasteiger partial charge in [-0.2, -0.15) is 0 Å². The molecule has 2 heterocycles. The highest BCUT2D eigenvalue weighted by Gasteiger charge is 2.27. The Morgan fingerprint density at radius 2 is 1.83 bits per heavy atom. The first kappa shape index (κ1) is 16.8. The second-order valence-corrected chi connectivity index (χ2v) is 6.77. The highest BCUT2D eigenvalue weighted by atomic mass is 16.2. The maximum Gasteiger partial charge on any atom is 0.333 e. The van der Waals surface area contributed by atoms with Crippen molar-refractivity contribution < 1.29 is 9.59 Å². The van der Waals surface area contributed by atoms with Gasteiger partial charge in [-0.15, -0.1) is 0 Å². The van der Waals surface area contributed by atoms with Gasteiger partial charge in [0.05, 0.1) is 11.4 Å². The number of carbonyl (C=O) groups is 2. The van der Waals surface area contributed by atoms with Crippen molar-refractivity contribution in [2.45, 2.75) is 58.0 Å². The number of rotatable bonds is 3. The Hall–Kier alpha value is -2.08. The van der Waals surface area contributed by atoms with Crippen molar-refractivity contribution in [1.82, 2.24) is 10.4 Å². The highest BCUT2D eigenvalue weighted by molar-refractivity contribution is 6.01. The zero-order chi connectivity index (χ0) is 17.1. The van der Waals surface area contributed by atoms with Crippen molar-refractivity contribution in [2.24, 2.45) is 0 Å². The van der Waals surface area contributed by atoms with Gasteiger partial charge in [0.15, 0.2) is 0 Å². The van der Waals surface area contributed by atoms with Gasteiger partial charge >= 0.3 is 6.03 Å². The van der Waals surface area contributed by atoms with E-state index in [9.17, 15) is 9.59 Å². The van der Waals surface area contributed by atoms with E-state index < -0.39 is 0 Å². The minimum Gasteiger partial charge on any atom is -0.310 e. The van der Waals surface area contributed by atoms with E-state index in [1.165, 1.54) is 6.42 Å². The fourth-order valence-electron chi connectivity index (χ4n) is 3.63. The van der Waals surface area contributed by atoms with Gasteiger partial charge in [0.25, 0.3) is 0 Å². The average Bonchev–Trinajstić information content (AvgIpc) is 2.98. The third kappa shape index (κ3) is 3.53. The van der Waals surface area contributed by atoms with Crippen LogP contribution >= 0.6 is 0 Å². The molecule has 2 fully saturated rings. The molecule has 6 heteroatoms. The van der Waals surface area contributed by atoms with E-state index >= 15 is 0 Å². The molecule has 0 aromatic heterocycles.